The maximum Gasteiger partial charge on any atom is 0.407 e. The Bertz CT molecular complexity index is 720. The molecule has 0 saturated heterocycles. The van der Waals surface area contributed by atoms with E-state index >= 15 is 0 Å². The SMILES string of the molecule is CC(C)(C)c1cc(NC(=O)CCCNC(=O)OCc2ccccc2)n[nH]1. The molecular formula is C19H26N4O3. The largest absolute Gasteiger partial charge is 0.445 e. The summed E-state index contributed by atoms with van der Waals surface area (Å²) in [6.45, 7) is 6.79. The number of alkyl carbamates (subject to hydrolysis) is 1. The van der Waals surface area contributed by atoms with Gasteiger partial charge in [0.05, 0.1) is 0 Å². The predicted octanol–water partition coefficient (Wildman–Crippen LogP) is 3.35. The van der Waals surface area contributed by atoms with E-state index in [-0.39, 0.29) is 24.3 Å². The van der Waals surface area contributed by atoms with Crippen LogP contribution < -0.4 is 10.6 Å². The minimum Gasteiger partial charge on any atom is -0.445 e. The van der Waals surface area contributed by atoms with Gasteiger partial charge in [0.2, 0.25) is 5.91 Å². The van der Waals surface area contributed by atoms with Crippen LogP contribution in [-0.2, 0) is 21.6 Å². The number of carbonyl (C=O) groups excluding carboxylic acids is 2. The van der Waals surface area contributed by atoms with Gasteiger partial charge in [0.25, 0.3) is 0 Å². The molecule has 2 aromatic rings. The molecule has 26 heavy (non-hydrogen) atoms. The van der Waals surface area contributed by atoms with E-state index < -0.39 is 6.09 Å². The van der Waals surface area contributed by atoms with Gasteiger partial charge in [-0.1, -0.05) is 51.1 Å². The van der Waals surface area contributed by atoms with Gasteiger partial charge in [0, 0.05) is 30.1 Å². The fraction of sp³-hybridized carbons (Fsp3) is 0.421. The summed E-state index contributed by atoms with van der Waals surface area (Å²) in [5.41, 5.74) is 1.83. The summed E-state index contributed by atoms with van der Waals surface area (Å²) in [5, 5.41) is 12.4. The van der Waals surface area contributed by atoms with Crippen molar-refractivity contribution in [1.29, 1.82) is 0 Å². The van der Waals surface area contributed by atoms with Crippen LogP contribution in [0.5, 0.6) is 0 Å². The van der Waals surface area contributed by atoms with Crippen LogP contribution in [0, 0.1) is 0 Å². The zero-order valence-corrected chi connectivity index (χ0v) is 15.5. The van der Waals surface area contributed by atoms with Crippen LogP contribution in [0.4, 0.5) is 10.6 Å². The Morgan fingerprint density at radius 2 is 1.92 bits per heavy atom. The second-order valence-corrected chi connectivity index (χ2v) is 7.06. The molecule has 0 aliphatic carbocycles. The summed E-state index contributed by atoms with van der Waals surface area (Å²) >= 11 is 0. The van der Waals surface area contributed by atoms with Crippen molar-refractivity contribution in [2.75, 3.05) is 11.9 Å². The topological polar surface area (TPSA) is 96.1 Å². The number of carbonyl (C=O) groups is 2. The fourth-order valence-corrected chi connectivity index (χ4v) is 2.19. The summed E-state index contributed by atoms with van der Waals surface area (Å²) in [4.78, 5) is 23.5. The molecule has 140 valence electrons. The Morgan fingerprint density at radius 3 is 2.58 bits per heavy atom. The Balaban J connectivity index is 1.61. The Hall–Kier alpha value is -2.83. The lowest BCUT2D eigenvalue weighted by molar-refractivity contribution is -0.116. The Morgan fingerprint density at radius 1 is 1.19 bits per heavy atom. The highest BCUT2D eigenvalue weighted by Gasteiger charge is 2.17. The van der Waals surface area contributed by atoms with Gasteiger partial charge in [-0.05, 0) is 12.0 Å². The lowest BCUT2D eigenvalue weighted by Crippen LogP contribution is -2.26. The summed E-state index contributed by atoms with van der Waals surface area (Å²) in [7, 11) is 0. The van der Waals surface area contributed by atoms with Gasteiger partial charge in [0.15, 0.2) is 5.82 Å². The van der Waals surface area contributed by atoms with Crippen molar-refractivity contribution in [2.24, 2.45) is 0 Å². The molecule has 1 heterocycles. The highest BCUT2D eigenvalue weighted by atomic mass is 16.5. The zero-order chi connectivity index (χ0) is 19.0. The van der Waals surface area contributed by atoms with Gasteiger partial charge in [-0.15, -0.1) is 0 Å². The molecule has 2 amide bonds. The van der Waals surface area contributed by atoms with Crippen LogP contribution in [0.25, 0.3) is 0 Å². The molecule has 0 bridgehead atoms. The summed E-state index contributed by atoms with van der Waals surface area (Å²) in [6.07, 6.45) is 0.316. The lowest BCUT2D eigenvalue weighted by atomic mass is 9.92. The number of hydrogen-bond donors (Lipinski definition) is 3. The minimum absolute atomic E-state index is 0.0555. The van der Waals surface area contributed by atoms with Crippen molar-refractivity contribution >= 4 is 17.8 Å². The second kappa shape index (κ2) is 9.03. The number of benzene rings is 1. The number of aromatic amines is 1. The van der Waals surface area contributed by atoms with Crippen LogP contribution in [-0.4, -0.2) is 28.7 Å². The van der Waals surface area contributed by atoms with Gasteiger partial charge < -0.3 is 15.4 Å². The van der Waals surface area contributed by atoms with Crippen molar-refractivity contribution in [1.82, 2.24) is 15.5 Å². The van der Waals surface area contributed by atoms with E-state index in [1.54, 1.807) is 0 Å². The standard InChI is InChI=1S/C19H26N4O3/c1-19(2,3)15-12-16(23-22-15)21-17(24)10-7-11-20-18(25)26-13-14-8-5-4-6-9-14/h4-6,8-9,12H,7,10-11,13H2,1-3H3,(H,20,25)(H2,21,22,23,24). The maximum atomic E-state index is 11.9. The van der Waals surface area contributed by atoms with Crippen LogP contribution in [0.2, 0.25) is 0 Å². The average molecular weight is 358 g/mol. The van der Waals surface area contributed by atoms with Crippen LogP contribution in [0.1, 0.15) is 44.9 Å². The highest BCUT2D eigenvalue weighted by molar-refractivity contribution is 5.89. The van der Waals surface area contributed by atoms with Gasteiger partial charge >= 0.3 is 6.09 Å². The maximum absolute atomic E-state index is 11.9. The quantitative estimate of drug-likeness (QED) is 0.661. The van der Waals surface area contributed by atoms with Gasteiger partial charge in [-0.3, -0.25) is 9.89 Å². The molecule has 0 saturated carbocycles. The number of nitrogens with one attached hydrogen (secondary N) is 3. The monoisotopic (exact) mass is 358 g/mol. The van der Waals surface area contributed by atoms with E-state index in [9.17, 15) is 9.59 Å². The first-order valence-corrected chi connectivity index (χ1v) is 8.65. The van der Waals surface area contributed by atoms with Crippen molar-refractivity contribution in [2.45, 2.75) is 45.6 Å². The summed E-state index contributed by atoms with van der Waals surface area (Å²) < 4.78 is 5.10. The van der Waals surface area contributed by atoms with Crippen molar-refractivity contribution in [3.05, 3.63) is 47.7 Å². The van der Waals surface area contributed by atoms with Gasteiger partial charge in [-0.2, -0.15) is 5.10 Å². The van der Waals surface area contributed by atoms with E-state index in [1.165, 1.54) is 0 Å². The third-order valence-corrected chi connectivity index (χ3v) is 3.72. The summed E-state index contributed by atoms with van der Waals surface area (Å²) in [6, 6.07) is 11.3. The molecule has 0 atom stereocenters. The van der Waals surface area contributed by atoms with E-state index in [2.05, 4.69) is 41.6 Å². The average Bonchev–Trinajstić information content (AvgIpc) is 3.06. The number of H-pyrrole nitrogens is 1. The first kappa shape index (κ1) is 19.5. The molecule has 3 N–H and O–H groups in total. The number of anilines is 1. The van der Waals surface area contributed by atoms with Crippen LogP contribution >= 0.6 is 0 Å². The molecule has 2 rings (SSSR count). The molecule has 1 aromatic carbocycles. The highest BCUT2D eigenvalue weighted by Crippen LogP contribution is 2.21. The minimum atomic E-state index is -0.489. The fourth-order valence-electron chi connectivity index (χ4n) is 2.19. The first-order valence-electron chi connectivity index (χ1n) is 8.65. The molecule has 0 spiro atoms. The van der Waals surface area contributed by atoms with Gasteiger partial charge in [0.1, 0.15) is 6.61 Å². The van der Waals surface area contributed by atoms with Crippen molar-refractivity contribution < 1.29 is 14.3 Å². The van der Waals surface area contributed by atoms with Crippen LogP contribution in [0.15, 0.2) is 36.4 Å². The van der Waals surface area contributed by atoms with Crippen molar-refractivity contribution in [3.63, 3.8) is 0 Å². The Labute approximate surface area is 153 Å². The number of rotatable bonds is 7. The number of ether oxygens (including phenoxy) is 1. The molecule has 0 aliphatic rings. The first-order chi connectivity index (χ1) is 12.3. The molecule has 7 heteroatoms. The van der Waals surface area contributed by atoms with E-state index in [1.807, 2.05) is 36.4 Å². The lowest BCUT2D eigenvalue weighted by Gasteiger charge is -2.14. The Kier molecular flexibility index (Phi) is 6.77. The third-order valence-electron chi connectivity index (χ3n) is 3.72. The molecule has 0 radical (unpaired) electrons. The molecule has 0 unspecified atom stereocenters. The molecule has 0 aliphatic heterocycles. The van der Waals surface area contributed by atoms with E-state index in [0.29, 0.717) is 18.8 Å². The normalized spacial score (nSPS) is 11.0. The van der Waals surface area contributed by atoms with Crippen LogP contribution in [0.3, 0.4) is 0 Å². The number of aromatic nitrogens is 2. The smallest absolute Gasteiger partial charge is 0.407 e. The van der Waals surface area contributed by atoms with E-state index in [4.69, 9.17) is 4.74 Å². The number of hydrogen-bond acceptors (Lipinski definition) is 4. The second-order valence-electron chi connectivity index (χ2n) is 7.06. The van der Waals surface area contributed by atoms with Crippen molar-refractivity contribution in [3.8, 4) is 0 Å². The molecular weight excluding hydrogens is 332 g/mol. The van der Waals surface area contributed by atoms with E-state index in [0.717, 1.165) is 11.3 Å². The molecule has 1 aromatic heterocycles. The molecule has 0 fully saturated rings. The number of nitrogens with zero attached hydrogens (tertiary/aromatic N) is 1. The van der Waals surface area contributed by atoms with Gasteiger partial charge in [-0.25, -0.2) is 4.79 Å². The third kappa shape index (κ3) is 6.58. The zero-order valence-electron chi connectivity index (χ0n) is 15.5. The number of amides is 2. The summed E-state index contributed by atoms with van der Waals surface area (Å²) in [5.74, 6) is 0.367. The molecule has 7 nitrogen and oxygen atoms in total. The predicted molar refractivity (Wildman–Crippen MR) is 99.8 cm³/mol.